The summed E-state index contributed by atoms with van der Waals surface area (Å²) in [6, 6.07) is 11.9. The van der Waals surface area contributed by atoms with Crippen LogP contribution in [0.4, 0.5) is 5.69 Å². The number of nitro groups is 1. The smallest absolute Gasteiger partial charge is 0.270 e. The number of rotatable bonds is 4. The van der Waals surface area contributed by atoms with E-state index in [2.05, 4.69) is 0 Å². The van der Waals surface area contributed by atoms with Crippen LogP contribution in [-0.4, -0.2) is 19.1 Å². The van der Waals surface area contributed by atoms with Crippen LogP contribution in [-0.2, 0) is 0 Å². The quantitative estimate of drug-likeness (QED) is 0.624. The van der Waals surface area contributed by atoms with Gasteiger partial charge in [-0.2, -0.15) is 0 Å². The maximum Gasteiger partial charge on any atom is 0.270 e. The summed E-state index contributed by atoms with van der Waals surface area (Å²) in [5, 5.41) is 10.8. The van der Waals surface area contributed by atoms with Crippen molar-refractivity contribution in [2.75, 3.05) is 14.2 Å². The molecule has 0 spiro atoms. The lowest BCUT2D eigenvalue weighted by molar-refractivity contribution is -0.384. The molecule has 2 rings (SSSR count). The molecule has 98 valence electrons. The normalized spacial score (nSPS) is 10.0. The number of hydrogen-bond donors (Lipinski definition) is 0. The van der Waals surface area contributed by atoms with Gasteiger partial charge in [0.1, 0.15) is 0 Å². The maximum absolute atomic E-state index is 10.8. The van der Waals surface area contributed by atoms with Gasteiger partial charge in [0.2, 0.25) is 0 Å². The second kappa shape index (κ2) is 5.39. The van der Waals surface area contributed by atoms with E-state index in [9.17, 15) is 10.1 Å². The number of nitro benzene ring substituents is 1. The van der Waals surface area contributed by atoms with E-state index in [1.54, 1.807) is 32.4 Å². The Kier molecular flexibility index (Phi) is 3.66. The first-order valence-corrected chi connectivity index (χ1v) is 5.62. The molecule has 0 heterocycles. The predicted octanol–water partition coefficient (Wildman–Crippen LogP) is 3.28. The van der Waals surface area contributed by atoms with E-state index in [4.69, 9.17) is 9.47 Å². The summed E-state index contributed by atoms with van der Waals surface area (Å²) in [6.07, 6.45) is 0. The zero-order valence-corrected chi connectivity index (χ0v) is 10.6. The topological polar surface area (TPSA) is 61.6 Å². The molecular weight excluding hydrogens is 246 g/mol. The van der Waals surface area contributed by atoms with E-state index in [1.807, 2.05) is 12.1 Å². The van der Waals surface area contributed by atoms with Gasteiger partial charge in [0, 0.05) is 12.1 Å². The Morgan fingerprint density at radius 1 is 0.947 bits per heavy atom. The van der Waals surface area contributed by atoms with Crippen molar-refractivity contribution in [3.8, 4) is 22.6 Å². The van der Waals surface area contributed by atoms with Crippen LogP contribution in [0.5, 0.6) is 11.5 Å². The van der Waals surface area contributed by atoms with Gasteiger partial charge in [0.15, 0.2) is 11.5 Å². The third-order valence-corrected chi connectivity index (χ3v) is 2.77. The monoisotopic (exact) mass is 259 g/mol. The minimum absolute atomic E-state index is 0.0623. The molecule has 0 bridgehead atoms. The molecule has 0 unspecified atom stereocenters. The summed E-state index contributed by atoms with van der Waals surface area (Å²) < 4.78 is 10.4. The molecule has 0 aromatic heterocycles. The zero-order chi connectivity index (χ0) is 13.8. The Hall–Kier alpha value is -2.56. The molecule has 0 N–H and O–H groups in total. The first kappa shape index (κ1) is 12.9. The average Bonchev–Trinajstić information content (AvgIpc) is 2.46. The van der Waals surface area contributed by atoms with E-state index in [-0.39, 0.29) is 5.69 Å². The fourth-order valence-electron chi connectivity index (χ4n) is 1.81. The van der Waals surface area contributed by atoms with Crippen molar-refractivity contribution in [1.29, 1.82) is 0 Å². The molecule has 0 amide bonds. The Morgan fingerprint density at radius 2 is 1.63 bits per heavy atom. The van der Waals surface area contributed by atoms with Crippen molar-refractivity contribution in [3.63, 3.8) is 0 Å². The van der Waals surface area contributed by atoms with Gasteiger partial charge in [0.05, 0.1) is 19.1 Å². The third-order valence-electron chi connectivity index (χ3n) is 2.77. The minimum atomic E-state index is -0.412. The van der Waals surface area contributed by atoms with Gasteiger partial charge in [0.25, 0.3) is 5.69 Å². The molecule has 2 aromatic carbocycles. The molecule has 0 atom stereocenters. The van der Waals surface area contributed by atoms with E-state index in [0.717, 1.165) is 11.1 Å². The second-order valence-electron chi connectivity index (χ2n) is 3.88. The molecule has 0 radical (unpaired) electrons. The highest BCUT2D eigenvalue weighted by atomic mass is 16.6. The molecule has 5 heteroatoms. The highest BCUT2D eigenvalue weighted by Gasteiger charge is 2.09. The Balaban J connectivity index is 2.47. The molecular formula is C14H13NO4. The van der Waals surface area contributed by atoms with Crippen LogP contribution in [0.25, 0.3) is 11.1 Å². The van der Waals surface area contributed by atoms with Crippen LogP contribution in [0.1, 0.15) is 0 Å². The zero-order valence-electron chi connectivity index (χ0n) is 10.6. The lowest BCUT2D eigenvalue weighted by Crippen LogP contribution is -1.91. The summed E-state index contributed by atoms with van der Waals surface area (Å²) in [4.78, 5) is 10.4. The number of hydrogen-bond acceptors (Lipinski definition) is 4. The van der Waals surface area contributed by atoms with E-state index < -0.39 is 4.92 Å². The maximum atomic E-state index is 10.8. The summed E-state index contributed by atoms with van der Waals surface area (Å²) in [6.45, 7) is 0. The Morgan fingerprint density at radius 3 is 2.26 bits per heavy atom. The summed E-state index contributed by atoms with van der Waals surface area (Å²) in [5.41, 5.74) is 1.66. The largest absolute Gasteiger partial charge is 0.493 e. The first-order valence-electron chi connectivity index (χ1n) is 5.62. The number of benzene rings is 2. The molecule has 0 aliphatic rings. The predicted molar refractivity (Wildman–Crippen MR) is 71.6 cm³/mol. The SMILES string of the molecule is COc1ccc(-c2cccc([N+](=O)[O-])c2)cc1OC. The Bertz CT molecular complexity index is 610. The first-order chi connectivity index (χ1) is 9.15. The van der Waals surface area contributed by atoms with Gasteiger partial charge >= 0.3 is 0 Å². The lowest BCUT2D eigenvalue weighted by atomic mass is 10.0. The Labute approximate surface area is 110 Å². The molecule has 5 nitrogen and oxygen atoms in total. The number of methoxy groups -OCH3 is 2. The van der Waals surface area contributed by atoms with Crippen molar-refractivity contribution in [1.82, 2.24) is 0 Å². The molecule has 2 aromatic rings. The molecule has 0 aliphatic heterocycles. The van der Waals surface area contributed by atoms with Crippen molar-refractivity contribution in [2.24, 2.45) is 0 Å². The van der Waals surface area contributed by atoms with Crippen LogP contribution in [0.2, 0.25) is 0 Å². The summed E-state index contributed by atoms with van der Waals surface area (Å²) >= 11 is 0. The standard InChI is InChI=1S/C14H13NO4/c1-18-13-7-6-11(9-14(13)19-2)10-4-3-5-12(8-10)15(16)17/h3-9H,1-2H3. The lowest BCUT2D eigenvalue weighted by Gasteiger charge is -2.09. The highest BCUT2D eigenvalue weighted by Crippen LogP contribution is 2.33. The van der Waals surface area contributed by atoms with Crippen LogP contribution in [0, 0.1) is 10.1 Å². The van der Waals surface area contributed by atoms with Gasteiger partial charge < -0.3 is 9.47 Å². The second-order valence-corrected chi connectivity index (χ2v) is 3.88. The van der Waals surface area contributed by atoms with Crippen LogP contribution < -0.4 is 9.47 Å². The summed E-state index contributed by atoms with van der Waals surface area (Å²) in [7, 11) is 3.11. The van der Waals surface area contributed by atoms with E-state index in [1.165, 1.54) is 12.1 Å². The number of non-ortho nitro benzene ring substituents is 1. The average molecular weight is 259 g/mol. The number of nitrogens with zero attached hydrogens (tertiary/aromatic N) is 1. The van der Waals surface area contributed by atoms with Gasteiger partial charge in [-0.05, 0) is 23.3 Å². The van der Waals surface area contributed by atoms with Crippen molar-refractivity contribution < 1.29 is 14.4 Å². The molecule has 0 fully saturated rings. The van der Waals surface area contributed by atoms with Gasteiger partial charge in [-0.3, -0.25) is 10.1 Å². The van der Waals surface area contributed by atoms with Gasteiger partial charge in [-0.1, -0.05) is 18.2 Å². The molecule has 0 saturated heterocycles. The minimum Gasteiger partial charge on any atom is -0.493 e. The van der Waals surface area contributed by atoms with Crippen molar-refractivity contribution in [3.05, 3.63) is 52.6 Å². The third kappa shape index (κ3) is 2.65. The van der Waals surface area contributed by atoms with E-state index >= 15 is 0 Å². The van der Waals surface area contributed by atoms with Gasteiger partial charge in [-0.15, -0.1) is 0 Å². The van der Waals surface area contributed by atoms with Crippen molar-refractivity contribution in [2.45, 2.75) is 0 Å². The van der Waals surface area contributed by atoms with Crippen LogP contribution in [0.15, 0.2) is 42.5 Å². The molecule has 0 aliphatic carbocycles. The number of ether oxygens (including phenoxy) is 2. The summed E-state index contributed by atoms with van der Waals surface area (Å²) in [5.74, 6) is 1.21. The van der Waals surface area contributed by atoms with Crippen LogP contribution >= 0.6 is 0 Å². The molecule has 19 heavy (non-hydrogen) atoms. The van der Waals surface area contributed by atoms with Crippen LogP contribution in [0.3, 0.4) is 0 Å². The van der Waals surface area contributed by atoms with E-state index in [0.29, 0.717) is 11.5 Å². The van der Waals surface area contributed by atoms with Gasteiger partial charge in [-0.25, -0.2) is 0 Å². The fraction of sp³-hybridized carbons (Fsp3) is 0.143. The fourth-order valence-corrected chi connectivity index (χ4v) is 1.81. The van der Waals surface area contributed by atoms with Crippen molar-refractivity contribution >= 4 is 5.69 Å². The highest BCUT2D eigenvalue weighted by molar-refractivity contribution is 5.69. The molecule has 0 saturated carbocycles.